The minimum Gasteiger partial charge on any atom is -0.354 e. The number of benzene rings is 2. The fourth-order valence-electron chi connectivity index (χ4n) is 2.53. The monoisotopic (exact) mass is 424 g/mol. The second-order valence-electron chi connectivity index (χ2n) is 6.53. The highest BCUT2D eigenvalue weighted by Gasteiger charge is 2.21. The summed E-state index contributed by atoms with van der Waals surface area (Å²) in [6.07, 6.45) is 1.08. The summed E-state index contributed by atoms with van der Waals surface area (Å²) in [6, 6.07) is 11.9. The van der Waals surface area contributed by atoms with Gasteiger partial charge >= 0.3 is 0 Å². The lowest BCUT2D eigenvalue weighted by atomic mass is 10.1. The Morgan fingerprint density at radius 2 is 1.86 bits per heavy atom. The summed E-state index contributed by atoms with van der Waals surface area (Å²) >= 11 is 1.50. The lowest BCUT2D eigenvalue weighted by Gasteiger charge is -2.22. The first-order chi connectivity index (χ1) is 13.2. The van der Waals surface area contributed by atoms with Crippen molar-refractivity contribution >= 4 is 33.4 Å². The van der Waals surface area contributed by atoms with Crippen molar-refractivity contribution in [2.24, 2.45) is 0 Å². The molecule has 1 amide bonds. The van der Waals surface area contributed by atoms with Crippen molar-refractivity contribution in [3.05, 3.63) is 65.0 Å². The molecule has 152 valence electrons. The van der Waals surface area contributed by atoms with Gasteiger partial charge in [-0.3, -0.25) is 9.10 Å². The van der Waals surface area contributed by atoms with Gasteiger partial charge in [0.05, 0.1) is 11.9 Å². The van der Waals surface area contributed by atoms with Crippen molar-refractivity contribution in [1.29, 1.82) is 0 Å². The fraction of sp³-hybridized carbons (Fsp3) is 0.350. The number of carbonyl (C=O) groups excluding carboxylic acids is 1. The lowest BCUT2D eigenvalue weighted by molar-refractivity contribution is -0.119. The molecule has 2 rings (SSSR count). The van der Waals surface area contributed by atoms with Crippen LogP contribution in [0.5, 0.6) is 0 Å². The molecule has 0 heterocycles. The number of nitrogens with zero attached hydrogens (tertiary/aromatic N) is 1. The van der Waals surface area contributed by atoms with Crippen molar-refractivity contribution in [1.82, 2.24) is 5.32 Å². The summed E-state index contributed by atoms with van der Waals surface area (Å²) in [5.41, 5.74) is 3.09. The summed E-state index contributed by atoms with van der Waals surface area (Å²) in [4.78, 5) is 12.2. The van der Waals surface area contributed by atoms with E-state index in [2.05, 4.69) is 5.32 Å². The highest BCUT2D eigenvalue weighted by atomic mass is 32.2. The number of hydrogen-bond donors (Lipinski definition) is 1. The van der Waals surface area contributed by atoms with Gasteiger partial charge in [-0.05, 0) is 48.7 Å². The van der Waals surface area contributed by atoms with Crippen molar-refractivity contribution in [2.45, 2.75) is 19.6 Å². The van der Waals surface area contributed by atoms with E-state index in [9.17, 15) is 17.6 Å². The van der Waals surface area contributed by atoms with Crippen LogP contribution in [0.2, 0.25) is 0 Å². The molecular formula is C20H25FN2O3S2. The molecule has 2 aromatic rings. The number of aryl methyl sites for hydroxylation is 2. The van der Waals surface area contributed by atoms with Gasteiger partial charge in [0.25, 0.3) is 0 Å². The van der Waals surface area contributed by atoms with E-state index < -0.39 is 10.0 Å². The molecule has 1 N–H and O–H groups in total. The van der Waals surface area contributed by atoms with Gasteiger partial charge in [-0.15, -0.1) is 0 Å². The first kappa shape index (κ1) is 22.2. The molecule has 0 radical (unpaired) electrons. The predicted octanol–water partition coefficient (Wildman–Crippen LogP) is 3.26. The number of hydrogen-bond acceptors (Lipinski definition) is 4. The van der Waals surface area contributed by atoms with Crippen molar-refractivity contribution < 1.29 is 17.6 Å². The zero-order valence-corrected chi connectivity index (χ0v) is 17.9. The molecule has 28 heavy (non-hydrogen) atoms. The van der Waals surface area contributed by atoms with Gasteiger partial charge in [-0.2, -0.15) is 11.8 Å². The van der Waals surface area contributed by atoms with Crippen LogP contribution in [0.15, 0.2) is 42.5 Å². The average molecular weight is 425 g/mol. The summed E-state index contributed by atoms with van der Waals surface area (Å²) in [6.45, 7) is 3.93. The van der Waals surface area contributed by atoms with Crippen LogP contribution in [0.25, 0.3) is 0 Å². The Morgan fingerprint density at radius 1 is 1.14 bits per heavy atom. The number of anilines is 1. The van der Waals surface area contributed by atoms with Crippen LogP contribution < -0.4 is 9.62 Å². The fourth-order valence-corrected chi connectivity index (χ4v) is 4.22. The third-order valence-electron chi connectivity index (χ3n) is 4.25. The third kappa shape index (κ3) is 6.53. The Kier molecular flexibility index (Phi) is 7.88. The van der Waals surface area contributed by atoms with Gasteiger partial charge < -0.3 is 5.32 Å². The smallest absolute Gasteiger partial charge is 0.240 e. The van der Waals surface area contributed by atoms with Crippen LogP contribution in [0, 0.1) is 19.7 Å². The summed E-state index contributed by atoms with van der Waals surface area (Å²) in [5.74, 6) is 0.495. The summed E-state index contributed by atoms with van der Waals surface area (Å²) in [7, 11) is -3.59. The Labute approximate surface area is 170 Å². The number of rotatable bonds is 9. The highest BCUT2D eigenvalue weighted by molar-refractivity contribution is 7.98. The van der Waals surface area contributed by atoms with E-state index in [1.807, 2.05) is 19.9 Å². The molecule has 2 aromatic carbocycles. The average Bonchev–Trinajstić information content (AvgIpc) is 2.62. The molecule has 5 nitrogen and oxygen atoms in total. The van der Waals surface area contributed by atoms with Crippen molar-refractivity contribution in [3.63, 3.8) is 0 Å². The molecule has 0 aliphatic rings. The number of carbonyl (C=O) groups is 1. The normalized spacial score (nSPS) is 11.3. The third-order valence-corrected chi connectivity index (χ3v) is 6.40. The van der Waals surface area contributed by atoms with E-state index in [1.165, 1.54) is 17.8 Å². The van der Waals surface area contributed by atoms with E-state index in [4.69, 9.17) is 0 Å². The maximum atomic E-state index is 13.6. The Bertz CT molecular complexity index is 933. The standard InChI is InChI=1S/C20H25FN2O3S2/c1-15-8-9-18(12-16(15)2)23(28(3,25)26)13-20(24)22-10-11-27-14-17-6-4-5-7-19(17)21/h4-9,12H,10-11,13-14H2,1-3H3,(H,22,24). The van der Waals surface area contributed by atoms with Crippen LogP contribution in [0.1, 0.15) is 16.7 Å². The Hall–Kier alpha value is -2.06. The lowest BCUT2D eigenvalue weighted by Crippen LogP contribution is -2.41. The number of amides is 1. The number of sulfonamides is 1. The predicted molar refractivity (Wildman–Crippen MR) is 114 cm³/mol. The van der Waals surface area contributed by atoms with Crippen molar-refractivity contribution in [3.8, 4) is 0 Å². The molecule has 0 spiro atoms. The van der Waals surface area contributed by atoms with Crippen LogP contribution in [-0.2, 0) is 20.6 Å². The molecule has 0 aliphatic carbocycles. The topological polar surface area (TPSA) is 66.5 Å². The molecule has 0 fully saturated rings. The number of nitrogens with one attached hydrogen (secondary N) is 1. The van der Waals surface area contributed by atoms with Crippen LogP contribution in [0.3, 0.4) is 0 Å². The largest absolute Gasteiger partial charge is 0.354 e. The zero-order valence-electron chi connectivity index (χ0n) is 16.2. The van der Waals surface area contributed by atoms with E-state index >= 15 is 0 Å². The molecule has 0 saturated carbocycles. The molecule has 0 bridgehead atoms. The van der Waals surface area contributed by atoms with Gasteiger partial charge in [0, 0.05) is 18.1 Å². The van der Waals surface area contributed by atoms with E-state index in [0.717, 1.165) is 21.7 Å². The molecule has 0 saturated heterocycles. The SMILES string of the molecule is Cc1ccc(N(CC(=O)NCCSCc2ccccc2F)S(C)(=O)=O)cc1C. The van der Waals surface area contributed by atoms with E-state index in [0.29, 0.717) is 29.3 Å². The minimum atomic E-state index is -3.59. The van der Waals surface area contributed by atoms with Crippen LogP contribution in [-0.4, -0.2) is 39.4 Å². The van der Waals surface area contributed by atoms with Crippen molar-refractivity contribution in [2.75, 3.05) is 29.4 Å². The van der Waals surface area contributed by atoms with Gasteiger partial charge in [-0.25, -0.2) is 12.8 Å². The molecule has 0 unspecified atom stereocenters. The Balaban J connectivity index is 1.86. The highest BCUT2D eigenvalue weighted by Crippen LogP contribution is 2.21. The van der Waals surface area contributed by atoms with Crippen LogP contribution >= 0.6 is 11.8 Å². The van der Waals surface area contributed by atoms with Gasteiger partial charge in [0.1, 0.15) is 12.4 Å². The second-order valence-corrected chi connectivity index (χ2v) is 9.54. The first-order valence-electron chi connectivity index (χ1n) is 8.81. The quantitative estimate of drug-likeness (QED) is 0.628. The first-order valence-corrected chi connectivity index (χ1v) is 11.8. The van der Waals surface area contributed by atoms with Gasteiger partial charge in [0.15, 0.2) is 0 Å². The maximum Gasteiger partial charge on any atom is 0.240 e. The molecule has 0 aliphatic heterocycles. The van der Waals surface area contributed by atoms with E-state index in [1.54, 1.807) is 30.3 Å². The van der Waals surface area contributed by atoms with Gasteiger partial charge in [-0.1, -0.05) is 24.3 Å². The molecule has 0 aromatic heterocycles. The van der Waals surface area contributed by atoms with Gasteiger partial charge in [0.2, 0.25) is 15.9 Å². The summed E-state index contributed by atoms with van der Waals surface area (Å²) < 4.78 is 38.9. The summed E-state index contributed by atoms with van der Waals surface area (Å²) in [5, 5.41) is 2.72. The minimum absolute atomic E-state index is 0.240. The molecular weight excluding hydrogens is 399 g/mol. The second kappa shape index (κ2) is 9.93. The molecule has 0 atom stereocenters. The number of halogens is 1. The Morgan fingerprint density at radius 3 is 2.50 bits per heavy atom. The zero-order chi connectivity index (χ0) is 20.7. The number of thioether (sulfide) groups is 1. The van der Waals surface area contributed by atoms with E-state index in [-0.39, 0.29) is 18.3 Å². The molecule has 8 heteroatoms. The van der Waals surface area contributed by atoms with Crippen LogP contribution in [0.4, 0.5) is 10.1 Å². The maximum absolute atomic E-state index is 13.6.